The molecule has 0 bridgehead atoms. The van der Waals surface area contributed by atoms with Crippen LogP contribution in [0.3, 0.4) is 0 Å². The SMILES string of the molecule is Cc1ncc(NC(=O)C2CC23CCN(C(=O)OC(C(F)(F)F)C(F)(F)F)CC3)cn1. The van der Waals surface area contributed by atoms with Gasteiger partial charge in [-0.15, -0.1) is 0 Å². The molecule has 30 heavy (non-hydrogen) atoms. The number of piperidine rings is 1. The molecule has 2 aliphatic rings. The van der Waals surface area contributed by atoms with Crippen molar-refractivity contribution in [1.82, 2.24) is 14.9 Å². The van der Waals surface area contributed by atoms with E-state index >= 15 is 0 Å². The number of aromatic nitrogens is 2. The van der Waals surface area contributed by atoms with Crippen molar-refractivity contribution in [3.63, 3.8) is 0 Å². The summed E-state index contributed by atoms with van der Waals surface area (Å²) >= 11 is 0. The lowest BCUT2D eigenvalue weighted by atomic mass is 9.91. The van der Waals surface area contributed by atoms with E-state index in [0.29, 0.717) is 17.9 Å². The minimum Gasteiger partial charge on any atom is -0.426 e. The molecule has 1 spiro atoms. The fourth-order valence-corrected chi connectivity index (χ4v) is 3.59. The van der Waals surface area contributed by atoms with Crippen molar-refractivity contribution in [3.8, 4) is 0 Å². The van der Waals surface area contributed by atoms with Crippen molar-refractivity contribution in [2.24, 2.45) is 11.3 Å². The fraction of sp³-hybridized carbons (Fsp3) is 0.647. The number of ether oxygens (including phenoxy) is 1. The van der Waals surface area contributed by atoms with Crippen LogP contribution in [-0.2, 0) is 9.53 Å². The number of alkyl halides is 6. The van der Waals surface area contributed by atoms with E-state index in [-0.39, 0.29) is 37.8 Å². The number of aryl methyl sites for hydroxylation is 1. The molecule has 2 fully saturated rings. The highest BCUT2D eigenvalue weighted by atomic mass is 19.4. The number of halogens is 6. The predicted octanol–water partition coefficient (Wildman–Crippen LogP) is 3.46. The van der Waals surface area contributed by atoms with Crippen molar-refractivity contribution < 1.29 is 40.7 Å². The van der Waals surface area contributed by atoms with Crippen LogP contribution in [0.5, 0.6) is 0 Å². The van der Waals surface area contributed by atoms with Gasteiger partial charge in [0.2, 0.25) is 5.91 Å². The molecular formula is C17H18F6N4O3. The average molecular weight is 440 g/mol. The average Bonchev–Trinajstić information content (AvgIpc) is 3.33. The van der Waals surface area contributed by atoms with Crippen LogP contribution in [0.2, 0.25) is 0 Å². The zero-order valence-corrected chi connectivity index (χ0v) is 15.7. The minimum absolute atomic E-state index is 0.0985. The van der Waals surface area contributed by atoms with Gasteiger partial charge < -0.3 is 15.0 Å². The van der Waals surface area contributed by atoms with Gasteiger partial charge in [-0.1, -0.05) is 0 Å². The standard InChI is InChI=1S/C17H18F6N4O3/c1-9-24-7-10(8-25-9)26-12(28)11-6-15(11)2-4-27(5-3-15)14(29)30-13(16(18,19)20)17(21,22)23/h7-8,11,13H,2-6H2,1H3,(H,26,28). The molecule has 166 valence electrons. The van der Waals surface area contributed by atoms with Crippen LogP contribution >= 0.6 is 0 Å². The van der Waals surface area contributed by atoms with Crippen molar-refractivity contribution in [2.75, 3.05) is 18.4 Å². The summed E-state index contributed by atoms with van der Waals surface area (Å²) in [6, 6.07) is 0. The Morgan fingerprint density at radius 3 is 2.17 bits per heavy atom. The Kier molecular flexibility index (Phi) is 5.58. The summed E-state index contributed by atoms with van der Waals surface area (Å²) in [5.74, 6) is -0.101. The number of carbonyl (C=O) groups excluding carboxylic acids is 2. The molecule has 1 unspecified atom stereocenters. The Morgan fingerprint density at radius 1 is 1.13 bits per heavy atom. The second-order valence-electron chi connectivity index (χ2n) is 7.46. The number of anilines is 1. The second kappa shape index (κ2) is 7.58. The lowest BCUT2D eigenvalue weighted by Gasteiger charge is -2.33. The molecule has 7 nitrogen and oxygen atoms in total. The summed E-state index contributed by atoms with van der Waals surface area (Å²) in [7, 11) is 0. The summed E-state index contributed by atoms with van der Waals surface area (Å²) < 4.78 is 79.0. The maximum atomic E-state index is 12.5. The number of hydrogen-bond acceptors (Lipinski definition) is 5. The molecule has 2 heterocycles. The van der Waals surface area contributed by atoms with Gasteiger partial charge in [0, 0.05) is 19.0 Å². The van der Waals surface area contributed by atoms with Gasteiger partial charge in [-0.05, 0) is 31.6 Å². The Balaban J connectivity index is 1.53. The van der Waals surface area contributed by atoms with Gasteiger partial charge in [0.1, 0.15) is 5.82 Å². The molecule has 1 aliphatic carbocycles. The third kappa shape index (κ3) is 4.75. The van der Waals surface area contributed by atoms with E-state index in [0.717, 1.165) is 4.90 Å². The van der Waals surface area contributed by atoms with Crippen LogP contribution in [-0.4, -0.2) is 58.4 Å². The lowest BCUT2D eigenvalue weighted by Crippen LogP contribution is -2.49. The Labute approximate surface area is 166 Å². The molecule has 0 radical (unpaired) electrons. The molecule has 1 saturated heterocycles. The zero-order chi connectivity index (χ0) is 22.3. The third-order valence-corrected chi connectivity index (χ3v) is 5.39. The van der Waals surface area contributed by atoms with E-state index in [2.05, 4.69) is 20.0 Å². The van der Waals surface area contributed by atoms with Crippen molar-refractivity contribution >= 4 is 17.7 Å². The Morgan fingerprint density at radius 2 is 1.67 bits per heavy atom. The van der Waals surface area contributed by atoms with E-state index in [1.54, 1.807) is 6.92 Å². The summed E-state index contributed by atoms with van der Waals surface area (Å²) in [6.45, 7) is 1.49. The first-order chi connectivity index (χ1) is 13.8. The topological polar surface area (TPSA) is 84.4 Å². The summed E-state index contributed by atoms with van der Waals surface area (Å²) in [4.78, 5) is 32.9. The van der Waals surface area contributed by atoms with E-state index in [1.165, 1.54) is 12.4 Å². The lowest BCUT2D eigenvalue weighted by molar-refractivity contribution is -0.308. The van der Waals surface area contributed by atoms with Crippen molar-refractivity contribution in [2.45, 2.75) is 44.6 Å². The van der Waals surface area contributed by atoms with E-state index < -0.39 is 30.0 Å². The van der Waals surface area contributed by atoms with E-state index in [9.17, 15) is 35.9 Å². The normalized spacial score (nSPS) is 20.9. The molecule has 1 aliphatic heterocycles. The molecule has 0 aromatic carbocycles. The molecule has 13 heteroatoms. The molecule has 1 atom stereocenters. The van der Waals surface area contributed by atoms with Crippen molar-refractivity contribution in [3.05, 3.63) is 18.2 Å². The van der Waals surface area contributed by atoms with Gasteiger partial charge in [0.05, 0.1) is 18.1 Å². The molecular weight excluding hydrogens is 422 g/mol. The van der Waals surface area contributed by atoms with Crippen LogP contribution < -0.4 is 5.32 Å². The highest BCUT2D eigenvalue weighted by Crippen LogP contribution is 2.59. The smallest absolute Gasteiger partial charge is 0.426 e. The van der Waals surface area contributed by atoms with Gasteiger partial charge in [0.25, 0.3) is 6.10 Å². The van der Waals surface area contributed by atoms with Crippen LogP contribution in [0.25, 0.3) is 0 Å². The number of rotatable bonds is 3. The molecule has 1 aromatic rings. The summed E-state index contributed by atoms with van der Waals surface area (Å²) in [6.07, 6.45) is -13.4. The van der Waals surface area contributed by atoms with Gasteiger partial charge in [-0.25, -0.2) is 14.8 Å². The first-order valence-electron chi connectivity index (χ1n) is 9.00. The van der Waals surface area contributed by atoms with Crippen LogP contribution in [0.15, 0.2) is 12.4 Å². The van der Waals surface area contributed by atoms with Gasteiger partial charge in [-0.3, -0.25) is 4.79 Å². The maximum absolute atomic E-state index is 12.5. The summed E-state index contributed by atoms with van der Waals surface area (Å²) in [5.41, 5.74) is -0.0149. The Hall–Kier alpha value is -2.60. The Bertz CT molecular complexity index is 789. The number of carbonyl (C=O) groups is 2. The minimum atomic E-state index is -5.76. The highest BCUT2D eigenvalue weighted by molar-refractivity contribution is 5.94. The van der Waals surface area contributed by atoms with Gasteiger partial charge in [-0.2, -0.15) is 26.3 Å². The number of nitrogens with zero attached hydrogens (tertiary/aromatic N) is 3. The predicted molar refractivity (Wildman–Crippen MR) is 89.1 cm³/mol. The van der Waals surface area contributed by atoms with Crippen LogP contribution in [0.1, 0.15) is 25.1 Å². The second-order valence-corrected chi connectivity index (χ2v) is 7.46. The number of hydrogen-bond donors (Lipinski definition) is 1. The fourth-order valence-electron chi connectivity index (χ4n) is 3.59. The highest BCUT2D eigenvalue weighted by Gasteiger charge is 2.61. The quantitative estimate of drug-likeness (QED) is 0.728. The van der Waals surface area contributed by atoms with Crippen molar-refractivity contribution in [1.29, 1.82) is 0 Å². The molecule has 1 N–H and O–H groups in total. The molecule has 3 rings (SSSR count). The maximum Gasteiger partial charge on any atom is 0.434 e. The monoisotopic (exact) mass is 440 g/mol. The molecule has 1 saturated carbocycles. The van der Waals surface area contributed by atoms with Gasteiger partial charge in [0.15, 0.2) is 0 Å². The largest absolute Gasteiger partial charge is 0.434 e. The first-order valence-corrected chi connectivity index (χ1v) is 9.00. The third-order valence-electron chi connectivity index (χ3n) is 5.39. The number of nitrogens with one attached hydrogen (secondary N) is 1. The molecule has 1 aromatic heterocycles. The number of likely N-dealkylation sites (tertiary alicyclic amines) is 1. The molecule has 2 amide bonds. The first kappa shape index (κ1) is 22.1. The zero-order valence-electron chi connectivity index (χ0n) is 15.7. The van der Waals surface area contributed by atoms with Crippen LogP contribution in [0.4, 0.5) is 36.8 Å². The number of amides is 2. The van der Waals surface area contributed by atoms with E-state index in [1.807, 2.05) is 0 Å². The summed E-state index contributed by atoms with van der Waals surface area (Å²) in [5, 5.41) is 2.68. The van der Waals surface area contributed by atoms with Gasteiger partial charge >= 0.3 is 18.4 Å². The van der Waals surface area contributed by atoms with Crippen LogP contribution in [0, 0.1) is 18.3 Å². The van der Waals surface area contributed by atoms with E-state index in [4.69, 9.17) is 0 Å².